The standard InChI is InChI=1S/C19H24F4N6O/c1-12-11-29(27-16(12)17(20)21)18-25-14(24-13-2-4-19(22,23)5-3-13)10-15(26-18)28-6-8-30-9-7-28/h10-11,13,17H,2-9H2,1H3,(H,24,25,26). The van der Waals surface area contributed by atoms with Crippen molar-refractivity contribution in [1.29, 1.82) is 0 Å². The normalized spacial score (nSPS) is 20.0. The number of anilines is 2. The third-order valence-electron chi connectivity index (χ3n) is 5.45. The zero-order chi connectivity index (χ0) is 21.3. The van der Waals surface area contributed by atoms with Gasteiger partial charge in [-0.25, -0.2) is 22.2 Å². The zero-order valence-corrected chi connectivity index (χ0v) is 16.6. The van der Waals surface area contributed by atoms with Gasteiger partial charge in [0.05, 0.1) is 13.2 Å². The molecule has 1 N–H and O–H groups in total. The number of hydrogen-bond donors (Lipinski definition) is 1. The fourth-order valence-corrected chi connectivity index (χ4v) is 3.74. The van der Waals surface area contributed by atoms with Crippen molar-refractivity contribution in [3.05, 3.63) is 23.5 Å². The summed E-state index contributed by atoms with van der Waals surface area (Å²) in [6, 6.07) is 1.62. The van der Waals surface area contributed by atoms with Crippen LogP contribution in [0.2, 0.25) is 0 Å². The van der Waals surface area contributed by atoms with E-state index in [0.29, 0.717) is 56.3 Å². The fraction of sp³-hybridized carbons (Fsp3) is 0.632. The van der Waals surface area contributed by atoms with Crippen LogP contribution in [0.3, 0.4) is 0 Å². The van der Waals surface area contributed by atoms with Gasteiger partial charge < -0.3 is 15.0 Å². The molecule has 4 rings (SSSR count). The topological polar surface area (TPSA) is 68.1 Å². The number of hydrogen-bond acceptors (Lipinski definition) is 6. The summed E-state index contributed by atoms with van der Waals surface area (Å²) in [5, 5.41) is 7.17. The van der Waals surface area contributed by atoms with Crippen LogP contribution in [0, 0.1) is 6.92 Å². The number of alkyl halides is 4. The second-order valence-corrected chi connectivity index (χ2v) is 7.73. The Labute approximate surface area is 171 Å². The Balaban J connectivity index is 1.63. The Morgan fingerprint density at radius 1 is 1.17 bits per heavy atom. The second kappa shape index (κ2) is 8.37. The van der Waals surface area contributed by atoms with Gasteiger partial charge in [0.1, 0.15) is 17.3 Å². The largest absolute Gasteiger partial charge is 0.378 e. The van der Waals surface area contributed by atoms with Gasteiger partial charge in [-0.3, -0.25) is 0 Å². The molecule has 1 aliphatic heterocycles. The highest BCUT2D eigenvalue weighted by Crippen LogP contribution is 2.34. The molecule has 2 aliphatic rings. The van der Waals surface area contributed by atoms with E-state index in [0.717, 1.165) is 0 Å². The fourth-order valence-electron chi connectivity index (χ4n) is 3.74. The quantitative estimate of drug-likeness (QED) is 0.732. The Morgan fingerprint density at radius 3 is 2.50 bits per heavy atom. The molecule has 30 heavy (non-hydrogen) atoms. The van der Waals surface area contributed by atoms with E-state index in [1.165, 1.54) is 10.9 Å². The minimum absolute atomic E-state index is 0.138. The third kappa shape index (κ3) is 4.66. The van der Waals surface area contributed by atoms with Gasteiger partial charge in [0, 0.05) is 44.2 Å². The lowest BCUT2D eigenvalue weighted by atomic mass is 9.92. The van der Waals surface area contributed by atoms with Gasteiger partial charge in [-0.2, -0.15) is 15.1 Å². The average molecular weight is 428 g/mol. The van der Waals surface area contributed by atoms with Crippen molar-refractivity contribution >= 4 is 11.6 Å². The minimum Gasteiger partial charge on any atom is -0.378 e. The molecule has 7 nitrogen and oxygen atoms in total. The van der Waals surface area contributed by atoms with Gasteiger partial charge in [-0.1, -0.05) is 0 Å². The molecule has 1 saturated carbocycles. The van der Waals surface area contributed by atoms with Crippen LogP contribution in [-0.2, 0) is 4.74 Å². The molecule has 0 unspecified atom stereocenters. The molecule has 1 saturated heterocycles. The van der Waals surface area contributed by atoms with Crippen LogP contribution in [-0.4, -0.2) is 58.0 Å². The molecule has 0 spiro atoms. The van der Waals surface area contributed by atoms with Gasteiger partial charge in [-0.05, 0) is 25.3 Å². The Bertz CT molecular complexity index is 874. The molecule has 0 radical (unpaired) electrons. The van der Waals surface area contributed by atoms with E-state index in [4.69, 9.17) is 4.74 Å². The highest BCUT2D eigenvalue weighted by atomic mass is 19.3. The van der Waals surface area contributed by atoms with E-state index < -0.39 is 12.3 Å². The first-order valence-electron chi connectivity index (χ1n) is 10.0. The lowest BCUT2D eigenvalue weighted by molar-refractivity contribution is -0.0361. The molecule has 2 aromatic rings. The van der Waals surface area contributed by atoms with Crippen molar-refractivity contribution in [2.45, 2.75) is 51.0 Å². The van der Waals surface area contributed by atoms with Crippen LogP contribution in [0.5, 0.6) is 0 Å². The molecule has 0 bridgehead atoms. The SMILES string of the molecule is Cc1cn(-c2nc(NC3CCC(F)(F)CC3)cc(N3CCOCC3)n2)nc1C(F)F. The van der Waals surface area contributed by atoms with E-state index >= 15 is 0 Å². The predicted octanol–water partition coefficient (Wildman–Crippen LogP) is 3.73. The van der Waals surface area contributed by atoms with E-state index in [-0.39, 0.29) is 30.5 Å². The van der Waals surface area contributed by atoms with Crippen molar-refractivity contribution in [2.24, 2.45) is 0 Å². The highest BCUT2D eigenvalue weighted by molar-refractivity contribution is 5.52. The number of morpholine rings is 1. The van der Waals surface area contributed by atoms with Crippen LogP contribution >= 0.6 is 0 Å². The average Bonchev–Trinajstić information content (AvgIpc) is 3.12. The number of ether oxygens (including phenoxy) is 1. The zero-order valence-electron chi connectivity index (χ0n) is 16.6. The number of halogens is 4. The summed E-state index contributed by atoms with van der Waals surface area (Å²) >= 11 is 0. The van der Waals surface area contributed by atoms with Crippen molar-refractivity contribution in [3.8, 4) is 5.95 Å². The van der Waals surface area contributed by atoms with Crippen molar-refractivity contribution in [2.75, 3.05) is 36.5 Å². The molecular formula is C19H24F4N6O. The molecule has 2 aromatic heterocycles. The summed E-state index contributed by atoms with van der Waals surface area (Å²) in [5.74, 6) is -1.40. The maximum atomic E-state index is 13.5. The number of nitrogens with zero attached hydrogens (tertiary/aromatic N) is 5. The molecule has 3 heterocycles. The first kappa shape index (κ1) is 20.8. The summed E-state index contributed by atoms with van der Waals surface area (Å²) in [6.07, 6.45) is -0.921. The summed E-state index contributed by atoms with van der Waals surface area (Å²) in [6.45, 7) is 3.92. The summed E-state index contributed by atoms with van der Waals surface area (Å²) in [5.41, 5.74) is 0.0220. The number of aromatic nitrogens is 4. The van der Waals surface area contributed by atoms with E-state index in [9.17, 15) is 17.6 Å². The van der Waals surface area contributed by atoms with Crippen LogP contribution in [0.25, 0.3) is 5.95 Å². The first-order valence-corrected chi connectivity index (χ1v) is 10.0. The minimum atomic E-state index is -2.70. The van der Waals surface area contributed by atoms with Gasteiger partial charge in [0.25, 0.3) is 12.4 Å². The van der Waals surface area contributed by atoms with Crippen LogP contribution in [0.4, 0.5) is 29.2 Å². The van der Waals surface area contributed by atoms with E-state index in [1.54, 1.807) is 13.0 Å². The van der Waals surface area contributed by atoms with Crippen LogP contribution in [0.15, 0.2) is 12.3 Å². The molecule has 0 aromatic carbocycles. The molecule has 0 amide bonds. The second-order valence-electron chi connectivity index (χ2n) is 7.73. The molecule has 1 aliphatic carbocycles. The number of aryl methyl sites for hydroxylation is 1. The lowest BCUT2D eigenvalue weighted by Gasteiger charge is -2.30. The molecular weight excluding hydrogens is 404 g/mol. The highest BCUT2D eigenvalue weighted by Gasteiger charge is 2.35. The van der Waals surface area contributed by atoms with E-state index in [1.807, 2.05) is 4.90 Å². The van der Waals surface area contributed by atoms with Crippen molar-refractivity contribution in [1.82, 2.24) is 19.7 Å². The summed E-state index contributed by atoms with van der Waals surface area (Å²) in [4.78, 5) is 11.0. The Morgan fingerprint density at radius 2 is 1.87 bits per heavy atom. The number of rotatable bonds is 5. The maximum Gasteiger partial charge on any atom is 0.282 e. The van der Waals surface area contributed by atoms with Crippen molar-refractivity contribution in [3.63, 3.8) is 0 Å². The number of nitrogens with one attached hydrogen (secondary N) is 1. The van der Waals surface area contributed by atoms with Crippen LogP contribution < -0.4 is 10.2 Å². The summed E-state index contributed by atoms with van der Waals surface area (Å²) < 4.78 is 59.9. The smallest absolute Gasteiger partial charge is 0.282 e. The molecule has 164 valence electrons. The first-order chi connectivity index (χ1) is 14.3. The van der Waals surface area contributed by atoms with Crippen molar-refractivity contribution < 1.29 is 22.3 Å². The van der Waals surface area contributed by atoms with Gasteiger partial charge in [-0.15, -0.1) is 0 Å². The van der Waals surface area contributed by atoms with Gasteiger partial charge in [0.15, 0.2) is 0 Å². The molecule has 0 atom stereocenters. The van der Waals surface area contributed by atoms with Crippen LogP contribution in [0.1, 0.15) is 43.4 Å². The monoisotopic (exact) mass is 428 g/mol. The Kier molecular flexibility index (Phi) is 5.81. The van der Waals surface area contributed by atoms with Gasteiger partial charge >= 0.3 is 0 Å². The molecule has 2 fully saturated rings. The van der Waals surface area contributed by atoms with E-state index in [2.05, 4.69) is 20.4 Å². The lowest BCUT2D eigenvalue weighted by Crippen LogP contribution is -2.37. The predicted molar refractivity (Wildman–Crippen MR) is 103 cm³/mol. The molecule has 11 heteroatoms. The van der Waals surface area contributed by atoms with Gasteiger partial charge in [0.2, 0.25) is 5.92 Å². The summed E-state index contributed by atoms with van der Waals surface area (Å²) in [7, 11) is 0. The third-order valence-corrected chi connectivity index (χ3v) is 5.45. The Hall–Kier alpha value is -2.43. The maximum absolute atomic E-state index is 13.5.